The van der Waals surface area contributed by atoms with Crippen molar-refractivity contribution in [2.75, 3.05) is 5.32 Å². The molecule has 8 heteroatoms. The number of nitro groups is 1. The van der Waals surface area contributed by atoms with Crippen LogP contribution < -0.4 is 5.32 Å². The van der Waals surface area contributed by atoms with Crippen LogP contribution >= 0.6 is 11.8 Å². The first kappa shape index (κ1) is 18.9. The minimum atomic E-state index is -0.453. The van der Waals surface area contributed by atoms with E-state index in [1.54, 1.807) is 34.7 Å². The largest absolute Gasteiger partial charge is 0.307 e. The molecule has 0 unspecified atom stereocenters. The van der Waals surface area contributed by atoms with Gasteiger partial charge in [-0.25, -0.2) is 4.68 Å². The predicted molar refractivity (Wildman–Crippen MR) is 114 cm³/mol. The smallest absolute Gasteiger partial charge is 0.269 e. The standard InChI is InChI=1S/C21H18N4O3S/c1-14-4-2-3-5-19(14)24-21(17-12-29-13-18(17)23-24)22-20(26)11-8-15-6-9-16(10-7-15)25(27)28/h2-11H,12-13H2,1H3,(H,22,26)/b11-8-. The van der Waals surface area contributed by atoms with E-state index in [1.165, 1.54) is 18.2 Å². The van der Waals surface area contributed by atoms with Crippen molar-refractivity contribution in [3.8, 4) is 5.69 Å². The average Bonchev–Trinajstić information content (AvgIpc) is 3.30. The van der Waals surface area contributed by atoms with Crippen LogP contribution in [0.2, 0.25) is 0 Å². The van der Waals surface area contributed by atoms with Gasteiger partial charge >= 0.3 is 0 Å². The maximum atomic E-state index is 12.6. The first-order valence-corrected chi connectivity index (χ1v) is 10.2. The van der Waals surface area contributed by atoms with Crippen molar-refractivity contribution in [2.45, 2.75) is 18.4 Å². The van der Waals surface area contributed by atoms with Gasteiger partial charge in [0, 0.05) is 35.3 Å². The number of nitrogens with one attached hydrogen (secondary N) is 1. The summed E-state index contributed by atoms with van der Waals surface area (Å²) in [5, 5.41) is 18.4. The Balaban J connectivity index is 1.58. The summed E-state index contributed by atoms with van der Waals surface area (Å²) in [6.07, 6.45) is 3.05. The van der Waals surface area contributed by atoms with Crippen LogP contribution in [-0.4, -0.2) is 20.6 Å². The molecule has 4 rings (SSSR count). The Bertz CT molecular complexity index is 1120. The van der Waals surface area contributed by atoms with Crippen molar-refractivity contribution < 1.29 is 9.72 Å². The number of aromatic nitrogens is 2. The number of hydrogen-bond acceptors (Lipinski definition) is 5. The molecular weight excluding hydrogens is 388 g/mol. The zero-order valence-electron chi connectivity index (χ0n) is 15.7. The van der Waals surface area contributed by atoms with Crippen LogP contribution in [0.4, 0.5) is 11.5 Å². The van der Waals surface area contributed by atoms with Crippen molar-refractivity contribution >= 4 is 35.3 Å². The molecule has 0 bridgehead atoms. The van der Waals surface area contributed by atoms with Gasteiger partial charge in [-0.05, 0) is 42.3 Å². The van der Waals surface area contributed by atoms with Crippen LogP contribution in [-0.2, 0) is 16.3 Å². The van der Waals surface area contributed by atoms with E-state index < -0.39 is 4.92 Å². The Morgan fingerprint density at radius 2 is 1.97 bits per heavy atom. The summed E-state index contributed by atoms with van der Waals surface area (Å²) in [4.78, 5) is 22.9. The van der Waals surface area contributed by atoms with Crippen LogP contribution in [0.15, 0.2) is 54.6 Å². The first-order valence-electron chi connectivity index (χ1n) is 9.01. The molecule has 29 heavy (non-hydrogen) atoms. The van der Waals surface area contributed by atoms with Crippen molar-refractivity contribution in [2.24, 2.45) is 0 Å². The molecule has 0 saturated carbocycles. The number of nitrogens with zero attached hydrogens (tertiary/aromatic N) is 3. The summed E-state index contributed by atoms with van der Waals surface area (Å²) in [6.45, 7) is 2.01. The number of aryl methyl sites for hydroxylation is 1. The van der Waals surface area contributed by atoms with E-state index in [9.17, 15) is 14.9 Å². The number of amides is 1. The minimum absolute atomic E-state index is 0.0156. The van der Waals surface area contributed by atoms with E-state index in [2.05, 4.69) is 5.32 Å². The number of carbonyl (C=O) groups excluding carboxylic acids is 1. The summed E-state index contributed by atoms with van der Waals surface area (Å²) < 4.78 is 1.80. The summed E-state index contributed by atoms with van der Waals surface area (Å²) in [7, 11) is 0. The molecule has 0 fully saturated rings. The predicted octanol–water partition coefficient (Wildman–Crippen LogP) is 4.49. The Labute approximate surface area is 171 Å². The van der Waals surface area contributed by atoms with E-state index >= 15 is 0 Å². The van der Waals surface area contributed by atoms with E-state index in [0.717, 1.165) is 34.0 Å². The Morgan fingerprint density at radius 3 is 2.69 bits per heavy atom. The molecule has 1 aromatic heterocycles. The number of benzene rings is 2. The molecule has 0 radical (unpaired) electrons. The van der Waals surface area contributed by atoms with Crippen molar-refractivity contribution in [3.05, 3.63) is 87.1 Å². The quantitative estimate of drug-likeness (QED) is 0.383. The highest BCUT2D eigenvalue weighted by Crippen LogP contribution is 2.36. The second kappa shape index (κ2) is 7.92. The van der Waals surface area contributed by atoms with Crippen molar-refractivity contribution in [3.63, 3.8) is 0 Å². The van der Waals surface area contributed by atoms with Crippen LogP contribution in [0.25, 0.3) is 11.8 Å². The minimum Gasteiger partial charge on any atom is -0.307 e. The van der Waals surface area contributed by atoms with Crippen LogP contribution in [0, 0.1) is 17.0 Å². The van der Waals surface area contributed by atoms with Gasteiger partial charge in [-0.2, -0.15) is 16.9 Å². The van der Waals surface area contributed by atoms with Gasteiger partial charge in [-0.1, -0.05) is 18.2 Å². The lowest BCUT2D eigenvalue weighted by atomic mass is 10.2. The maximum Gasteiger partial charge on any atom is 0.269 e. The van der Waals surface area contributed by atoms with Gasteiger partial charge in [0.1, 0.15) is 5.82 Å². The number of non-ortho nitro benzene ring substituents is 1. The first-order chi connectivity index (χ1) is 14.0. The monoisotopic (exact) mass is 406 g/mol. The van der Waals surface area contributed by atoms with Gasteiger partial charge in [-0.3, -0.25) is 14.9 Å². The highest BCUT2D eigenvalue weighted by atomic mass is 32.2. The highest BCUT2D eigenvalue weighted by Gasteiger charge is 2.24. The molecule has 2 heterocycles. The molecule has 0 atom stereocenters. The molecule has 2 aromatic carbocycles. The zero-order valence-corrected chi connectivity index (χ0v) is 16.5. The summed E-state index contributed by atoms with van der Waals surface area (Å²) in [5.41, 5.74) is 4.77. The lowest BCUT2D eigenvalue weighted by molar-refractivity contribution is -0.384. The summed E-state index contributed by atoms with van der Waals surface area (Å²) >= 11 is 1.77. The molecule has 3 aromatic rings. The normalized spacial score (nSPS) is 12.9. The lowest BCUT2D eigenvalue weighted by Crippen LogP contribution is -2.14. The third kappa shape index (κ3) is 3.93. The lowest BCUT2D eigenvalue weighted by Gasteiger charge is -2.12. The van der Waals surface area contributed by atoms with Gasteiger partial charge in [0.15, 0.2) is 0 Å². The fourth-order valence-corrected chi connectivity index (χ4v) is 4.19. The summed E-state index contributed by atoms with van der Waals surface area (Å²) in [5.74, 6) is 2.05. The second-order valence-electron chi connectivity index (χ2n) is 6.64. The number of rotatable bonds is 5. The van der Waals surface area contributed by atoms with Crippen molar-refractivity contribution in [1.29, 1.82) is 0 Å². The Morgan fingerprint density at radius 1 is 1.21 bits per heavy atom. The van der Waals surface area contributed by atoms with E-state index in [1.807, 2.05) is 31.2 Å². The van der Waals surface area contributed by atoms with E-state index in [0.29, 0.717) is 11.4 Å². The zero-order chi connectivity index (χ0) is 20.4. The maximum absolute atomic E-state index is 12.6. The van der Waals surface area contributed by atoms with Gasteiger partial charge in [0.2, 0.25) is 5.91 Å². The molecule has 1 N–H and O–H groups in total. The topological polar surface area (TPSA) is 90.1 Å². The van der Waals surface area contributed by atoms with Gasteiger partial charge < -0.3 is 5.32 Å². The number of nitro benzene ring substituents is 1. The highest BCUT2D eigenvalue weighted by molar-refractivity contribution is 7.98. The Kier molecular flexibility index (Phi) is 5.18. The van der Waals surface area contributed by atoms with E-state index in [4.69, 9.17) is 5.10 Å². The Hall–Kier alpha value is -3.39. The van der Waals surface area contributed by atoms with Gasteiger partial charge in [0.05, 0.1) is 16.3 Å². The van der Waals surface area contributed by atoms with E-state index in [-0.39, 0.29) is 11.6 Å². The van der Waals surface area contributed by atoms with Gasteiger partial charge in [-0.15, -0.1) is 0 Å². The molecule has 0 saturated heterocycles. The number of anilines is 1. The molecule has 1 aliphatic heterocycles. The number of fused-ring (bicyclic) bond motifs is 1. The number of carbonyl (C=O) groups is 1. The molecule has 7 nitrogen and oxygen atoms in total. The third-order valence-electron chi connectivity index (χ3n) is 4.67. The molecule has 1 aliphatic rings. The third-order valence-corrected chi connectivity index (χ3v) is 5.64. The van der Waals surface area contributed by atoms with Gasteiger partial charge in [0.25, 0.3) is 5.69 Å². The summed E-state index contributed by atoms with van der Waals surface area (Å²) in [6, 6.07) is 13.9. The van der Waals surface area contributed by atoms with Crippen molar-refractivity contribution in [1.82, 2.24) is 9.78 Å². The molecular formula is C21H18N4O3S. The molecule has 1 amide bonds. The fourth-order valence-electron chi connectivity index (χ4n) is 3.15. The SMILES string of the molecule is Cc1ccccc1-n1nc2c(c1NC(=O)/C=C\c1ccc([N+](=O)[O-])cc1)CSC2. The number of para-hydroxylation sites is 1. The van der Waals surface area contributed by atoms with Crippen LogP contribution in [0.1, 0.15) is 22.4 Å². The number of hydrogen-bond donors (Lipinski definition) is 1. The molecule has 0 aliphatic carbocycles. The van der Waals surface area contributed by atoms with Crippen LogP contribution in [0.3, 0.4) is 0 Å². The number of thioether (sulfide) groups is 1. The molecule has 0 spiro atoms. The fraction of sp³-hybridized carbons (Fsp3) is 0.143. The molecule has 146 valence electrons. The average molecular weight is 406 g/mol. The second-order valence-corrected chi connectivity index (χ2v) is 7.62. The van der Waals surface area contributed by atoms with Crippen LogP contribution in [0.5, 0.6) is 0 Å².